The molecule has 4 saturated carbocycles. The summed E-state index contributed by atoms with van der Waals surface area (Å²) in [6.45, 7) is 1.73. The van der Waals surface area contributed by atoms with Crippen LogP contribution in [0.3, 0.4) is 0 Å². The average Bonchev–Trinajstić information content (AvgIpc) is 2.92. The van der Waals surface area contributed by atoms with Crippen molar-refractivity contribution in [1.29, 1.82) is 0 Å². The number of benzene rings is 2. The van der Waals surface area contributed by atoms with Crippen LogP contribution in [0.2, 0.25) is 0 Å². The Bertz CT molecular complexity index is 1180. The molecule has 194 valence electrons. The lowest BCUT2D eigenvalue weighted by Crippen LogP contribution is -2.48. The van der Waals surface area contributed by atoms with Crippen LogP contribution in [0.15, 0.2) is 42.5 Å². The summed E-state index contributed by atoms with van der Waals surface area (Å²) >= 11 is 0. The zero-order chi connectivity index (χ0) is 25.6. The van der Waals surface area contributed by atoms with Gasteiger partial charge in [-0.3, -0.25) is 14.4 Å². The molecule has 2 amide bonds. The number of hydrogen-bond acceptors (Lipinski definition) is 5. The zero-order valence-electron chi connectivity index (χ0n) is 21.3. The van der Waals surface area contributed by atoms with Gasteiger partial charge in [-0.15, -0.1) is 0 Å². The van der Waals surface area contributed by atoms with Crippen LogP contribution in [0.5, 0.6) is 5.75 Å². The third-order valence-corrected chi connectivity index (χ3v) is 8.97. The molecule has 0 spiro atoms. The summed E-state index contributed by atoms with van der Waals surface area (Å²) in [7, 11) is 1.71. The summed E-state index contributed by atoms with van der Waals surface area (Å²) in [5, 5.41) is 2.95. The van der Waals surface area contributed by atoms with Gasteiger partial charge >= 0.3 is 0 Å². The van der Waals surface area contributed by atoms with Gasteiger partial charge in [0.1, 0.15) is 5.75 Å². The van der Waals surface area contributed by atoms with E-state index in [2.05, 4.69) is 5.32 Å². The summed E-state index contributed by atoms with van der Waals surface area (Å²) in [5.41, 5.74) is 2.79. The number of hydrogen-bond donors (Lipinski definition) is 1. The molecule has 1 aliphatic heterocycles. The SMILES string of the molecule is COc1ccc(C(=O)Nc2ccc(C(=O)C(=O)N3CCOCC3)cc2)cc1C12CC3CC(CC(C3)C1)C2. The van der Waals surface area contributed by atoms with Crippen molar-refractivity contribution in [2.24, 2.45) is 17.8 Å². The Morgan fingerprint density at radius 2 is 1.49 bits per heavy atom. The highest BCUT2D eigenvalue weighted by Crippen LogP contribution is 2.61. The van der Waals surface area contributed by atoms with Crippen molar-refractivity contribution in [1.82, 2.24) is 4.90 Å². The molecule has 0 unspecified atom stereocenters. The van der Waals surface area contributed by atoms with Gasteiger partial charge in [0, 0.05) is 35.5 Å². The Hall–Kier alpha value is -3.19. The van der Waals surface area contributed by atoms with Crippen LogP contribution in [-0.2, 0) is 14.9 Å². The molecule has 1 heterocycles. The maximum atomic E-state index is 13.2. The highest BCUT2D eigenvalue weighted by molar-refractivity contribution is 6.42. The molecule has 2 aromatic carbocycles. The van der Waals surface area contributed by atoms with E-state index in [0.29, 0.717) is 43.1 Å². The van der Waals surface area contributed by atoms with Crippen molar-refractivity contribution >= 4 is 23.3 Å². The molecule has 7 heteroatoms. The molecule has 4 bridgehead atoms. The molecule has 5 fully saturated rings. The van der Waals surface area contributed by atoms with Gasteiger partial charge in [0.15, 0.2) is 0 Å². The van der Waals surface area contributed by atoms with Crippen LogP contribution in [-0.4, -0.2) is 55.9 Å². The number of carbonyl (C=O) groups excluding carboxylic acids is 3. The predicted molar refractivity (Wildman–Crippen MR) is 139 cm³/mol. The van der Waals surface area contributed by atoms with Gasteiger partial charge in [-0.25, -0.2) is 0 Å². The number of ketones is 1. The standard InChI is InChI=1S/C30H34N2O5/c1-36-26-7-4-23(15-25(26)30-16-19-12-20(17-30)14-21(13-19)18-30)28(34)31-24-5-2-22(3-6-24)27(33)29(35)32-8-10-37-11-9-32/h2-7,15,19-21H,8-14,16-18H2,1H3,(H,31,34). The molecule has 2 aromatic rings. The molecule has 37 heavy (non-hydrogen) atoms. The van der Waals surface area contributed by atoms with E-state index in [9.17, 15) is 14.4 Å². The van der Waals surface area contributed by atoms with E-state index < -0.39 is 11.7 Å². The molecule has 0 atom stereocenters. The normalized spacial score (nSPS) is 28.1. The first-order valence-electron chi connectivity index (χ1n) is 13.5. The van der Waals surface area contributed by atoms with Crippen LogP contribution in [0.25, 0.3) is 0 Å². The second-order valence-electron chi connectivity index (χ2n) is 11.4. The molecule has 0 radical (unpaired) electrons. The average molecular weight is 503 g/mol. The number of morpholine rings is 1. The maximum Gasteiger partial charge on any atom is 0.295 e. The minimum atomic E-state index is -0.546. The summed E-state index contributed by atoms with van der Waals surface area (Å²) < 4.78 is 11.0. The third-order valence-electron chi connectivity index (χ3n) is 8.97. The number of anilines is 1. The molecule has 1 saturated heterocycles. The number of rotatable bonds is 6. The van der Waals surface area contributed by atoms with Gasteiger partial charge in [-0.05, 0) is 104 Å². The van der Waals surface area contributed by atoms with Crippen LogP contribution >= 0.6 is 0 Å². The summed E-state index contributed by atoms with van der Waals surface area (Å²) in [6, 6.07) is 12.3. The number of Topliss-reactive ketones (excluding diaryl/α,β-unsaturated/α-hetero) is 1. The van der Waals surface area contributed by atoms with Crippen molar-refractivity contribution in [3.8, 4) is 5.75 Å². The van der Waals surface area contributed by atoms with Crippen LogP contribution in [0.1, 0.15) is 64.8 Å². The number of ether oxygens (including phenoxy) is 2. The Balaban J connectivity index is 1.17. The molecular formula is C30H34N2O5. The fraction of sp³-hybridized carbons (Fsp3) is 0.500. The molecular weight excluding hydrogens is 468 g/mol. The molecule has 0 aromatic heterocycles. The second-order valence-corrected chi connectivity index (χ2v) is 11.4. The van der Waals surface area contributed by atoms with E-state index in [1.54, 1.807) is 31.4 Å². The minimum absolute atomic E-state index is 0.116. The Kier molecular flexibility index (Phi) is 6.27. The number of amides is 2. The van der Waals surface area contributed by atoms with E-state index in [0.717, 1.165) is 23.5 Å². The van der Waals surface area contributed by atoms with Crippen LogP contribution in [0, 0.1) is 17.8 Å². The lowest BCUT2D eigenvalue weighted by Gasteiger charge is -2.57. The van der Waals surface area contributed by atoms with E-state index in [-0.39, 0.29) is 11.3 Å². The summed E-state index contributed by atoms with van der Waals surface area (Å²) in [5.74, 6) is 2.01. The van der Waals surface area contributed by atoms with Gasteiger partial charge in [-0.2, -0.15) is 0 Å². The number of nitrogens with one attached hydrogen (secondary N) is 1. The van der Waals surface area contributed by atoms with Gasteiger partial charge in [-0.1, -0.05) is 0 Å². The van der Waals surface area contributed by atoms with Crippen LogP contribution < -0.4 is 10.1 Å². The highest BCUT2D eigenvalue weighted by atomic mass is 16.5. The van der Waals surface area contributed by atoms with Crippen LogP contribution in [0.4, 0.5) is 5.69 Å². The van der Waals surface area contributed by atoms with Gasteiger partial charge in [0.25, 0.3) is 11.8 Å². The Labute approximate surface area is 217 Å². The lowest BCUT2D eigenvalue weighted by molar-refractivity contribution is -0.130. The van der Waals surface area contributed by atoms with E-state index in [4.69, 9.17) is 9.47 Å². The van der Waals surface area contributed by atoms with Crippen molar-refractivity contribution < 1.29 is 23.9 Å². The largest absolute Gasteiger partial charge is 0.496 e. The first-order chi connectivity index (χ1) is 17.9. The molecule has 1 N–H and O–H groups in total. The quantitative estimate of drug-likeness (QED) is 0.466. The van der Waals surface area contributed by atoms with Crippen molar-refractivity contribution in [2.75, 3.05) is 38.7 Å². The smallest absolute Gasteiger partial charge is 0.295 e. The first kappa shape index (κ1) is 24.2. The predicted octanol–water partition coefficient (Wildman–Crippen LogP) is 4.46. The van der Waals surface area contributed by atoms with E-state index in [1.807, 2.05) is 18.2 Å². The van der Waals surface area contributed by atoms with Crippen molar-refractivity contribution in [3.05, 3.63) is 59.2 Å². The van der Waals surface area contributed by atoms with Gasteiger partial charge < -0.3 is 19.7 Å². The molecule has 7 rings (SSSR count). The Morgan fingerprint density at radius 3 is 2.08 bits per heavy atom. The highest BCUT2D eigenvalue weighted by Gasteiger charge is 2.52. The fourth-order valence-electron chi connectivity index (χ4n) is 7.65. The topological polar surface area (TPSA) is 84.9 Å². The summed E-state index contributed by atoms with van der Waals surface area (Å²) in [6.07, 6.45) is 7.66. The first-order valence-corrected chi connectivity index (χ1v) is 13.5. The third kappa shape index (κ3) is 4.54. The number of methoxy groups -OCH3 is 1. The molecule has 5 aliphatic rings. The minimum Gasteiger partial charge on any atom is -0.496 e. The van der Waals surface area contributed by atoms with E-state index >= 15 is 0 Å². The monoisotopic (exact) mass is 502 g/mol. The van der Waals surface area contributed by atoms with Gasteiger partial charge in [0.05, 0.1) is 20.3 Å². The van der Waals surface area contributed by atoms with Gasteiger partial charge in [0.2, 0.25) is 5.78 Å². The fourth-order valence-corrected chi connectivity index (χ4v) is 7.65. The Morgan fingerprint density at radius 1 is 0.892 bits per heavy atom. The number of nitrogens with zero attached hydrogens (tertiary/aromatic N) is 1. The summed E-state index contributed by atoms with van der Waals surface area (Å²) in [4.78, 5) is 39.9. The van der Waals surface area contributed by atoms with Crippen molar-refractivity contribution in [2.45, 2.75) is 43.9 Å². The molecule has 4 aliphatic carbocycles. The molecule has 7 nitrogen and oxygen atoms in total. The maximum absolute atomic E-state index is 13.2. The lowest BCUT2D eigenvalue weighted by atomic mass is 9.48. The van der Waals surface area contributed by atoms with Crippen molar-refractivity contribution in [3.63, 3.8) is 0 Å². The second kappa shape index (κ2) is 9.60. The number of carbonyl (C=O) groups is 3. The van der Waals surface area contributed by atoms with E-state index in [1.165, 1.54) is 49.0 Å². The zero-order valence-corrected chi connectivity index (χ0v) is 21.3.